The van der Waals surface area contributed by atoms with Gasteiger partial charge in [0.25, 0.3) is 5.56 Å². The second-order valence-corrected chi connectivity index (χ2v) is 6.49. The van der Waals surface area contributed by atoms with Crippen molar-refractivity contribution in [2.75, 3.05) is 6.61 Å². The number of benzene rings is 1. The zero-order chi connectivity index (χ0) is 18.1. The summed E-state index contributed by atoms with van der Waals surface area (Å²) in [5, 5.41) is 19.1. The minimum Gasteiger partial charge on any atom is -0.394 e. The number of aliphatic hydroxyl groups excluding tert-OH is 2. The summed E-state index contributed by atoms with van der Waals surface area (Å²) in [6, 6.07) is 7.62. The number of aryl methyl sites for hydroxylation is 2. The molecule has 7 heteroatoms. The molecule has 134 valence electrons. The van der Waals surface area contributed by atoms with Gasteiger partial charge in [-0.15, -0.1) is 0 Å². The van der Waals surface area contributed by atoms with Crippen molar-refractivity contribution in [1.29, 1.82) is 0 Å². The molecule has 0 unspecified atom stereocenters. The van der Waals surface area contributed by atoms with Crippen LogP contribution in [0.25, 0.3) is 0 Å². The molecule has 1 aliphatic rings. The third kappa shape index (κ3) is 3.44. The summed E-state index contributed by atoms with van der Waals surface area (Å²) in [5.74, 6) is 0. The van der Waals surface area contributed by atoms with Gasteiger partial charge in [-0.25, -0.2) is 4.79 Å². The third-order valence-corrected chi connectivity index (χ3v) is 4.52. The van der Waals surface area contributed by atoms with Crippen LogP contribution >= 0.6 is 0 Å². The molecule has 0 radical (unpaired) electrons. The van der Waals surface area contributed by atoms with Crippen LogP contribution in [0.1, 0.15) is 29.3 Å². The van der Waals surface area contributed by atoms with Crippen LogP contribution in [0.5, 0.6) is 0 Å². The topological polar surface area (TPSA) is 93.7 Å². The van der Waals surface area contributed by atoms with E-state index in [4.69, 9.17) is 4.74 Å². The Morgan fingerprint density at radius 1 is 1.20 bits per heavy atom. The predicted octanol–water partition coefficient (Wildman–Crippen LogP) is 0.316. The fourth-order valence-electron chi connectivity index (χ4n) is 3.03. The average Bonchev–Trinajstić information content (AvgIpc) is 2.97. The van der Waals surface area contributed by atoms with Gasteiger partial charge < -0.3 is 14.9 Å². The van der Waals surface area contributed by atoms with Crippen molar-refractivity contribution < 1.29 is 14.9 Å². The summed E-state index contributed by atoms with van der Waals surface area (Å²) in [7, 11) is 0. The van der Waals surface area contributed by atoms with E-state index in [0.717, 1.165) is 11.1 Å². The number of hydrogen-bond donors (Lipinski definition) is 2. The highest BCUT2D eigenvalue weighted by molar-refractivity contribution is 5.21. The summed E-state index contributed by atoms with van der Waals surface area (Å²) >= 11 is 0. The molecular weight excluding hydrogens is 324 g/mol. The number of ether oxygens (including phenoxy) is 1. The Morgan fingerprint density at radius 3 is 2.48 bits per heavy atom. The van der Waals surface area contributed by atoms with Crippen molar-refractivity contribution in [1.82, 2.24) is 9.13 Å². The second kappa shape index (κ2) is 6.95. The first kappa shape index (κ1) is 17.6. The molecule has 25 heavy (non-hydrogen) atoms. The average molecular weight is 346 g/mol. The molecule has 0 bridgehead atoms. The number of aromatic nitrogens is 2. The molecule has 1 saturated heterocycles. The van der Waals surface area contributed by atoms with Crippen LogP contribution in [0.15, 0.2) is 40.1 Å². The number of rotatable bonds is 4. The van der Waals surface area contributed by atoms with Gasteiger partial charge in [0.05, 0.1) is 19.3 Å². The van der Waals surface area contributed by atoms with Crippen molar-refractivity contribution >= 4 is 0 Å². The molecular formula is C18H22N2O5. The Labute approximate surface area is 144 Å². The van der Waals surface area contributed by atoms with Crippen molar-refractivity contribution in [2.45, 2.75) is 45.2 Å². The maximum absolute atomic E-state index is 12.8. The Balaban J connectivity index is 1.99. The first-order valence-corrected chi connectivity index (χ1v) is 8.23. The molecule has 0 spiro atoms. The Hall–Kier alpha value is -2.22. The van der Waals surface area contributed by atoms with E-state index < -0.39 is 24.1 Å². The molecule has 0 saturated carbocycles. The van der Waals surface area contributed by atoms with E-state index >= 15 is 0 Å². The van der Waals surface area contributed by atoms with Gasteiger partial charge in [-0.05, 0) is 19.4 Å². The summed E-state index contributed by atoms with van der Waals surface area (Å²) in [5.41, 5.74) is 1.52. The third-order valence-electron chi connectivity index (χ3n) is 4.52. The van der Waals surface area contributed by atoms with E-state index in [1.54, 1.807) is 6.92 Å². The van der Waals surface area contributed by atoms with E-state index in [9.17, 15) is 19.8 Å². The Morgan fingerprint density at radius 2 is 1.88 bits per heavy atom. The fourth-order valence-corrected chi connectivity index (χ4v) is 3.03. The Kier molecular flexibility index (Phi) is 4.89. The minimum atomic E-state index is -0.848. The van der Waals surface area contributed by atoms with Crippen molar-refractivity contribution in [2.24, 2.45) is 0 Å². The van der Waals surface area contributed by atoms with Crippen LogP contribution in [-0.4, -0.2) is 38.2 Å². The normalized spacial score (nSPS) is 23.1. The lowest BCUT2D eigenvalue weighted by Gasteiger charge is -2.17. The van der Waals surface area contributed by atoms with Crippen molar-refractivity contribution in [3.63, 3.8) is 0 Å². The molecule has 3 rings (SSSR count). The lowest BCUT2D eigenvalue weighted by Crippen LogP contribution is -2.42. The van der Waals surface area contributed by atoms with E-state index in [1.807, 2.05) is 31.2 Å². The first-order valence-electron chi connectivity index (χ1n) is 8.23. The van der Waals surface area contributed by atoms with Gasteiger partial charge in [-0.3, -0.25) is 13.9 Å². The number of nitrogens with zero attached hydrogens (tertiary/aromatic N) is 2. The molecule has 2 N–H and O–H groups in total. The van der Waals surface area contributed by atoms with E-state index in [0.29, 0.717) is 5.56 Å². The highest BCUT2D eigenvalue weighted by atomic mass is 16.5. The predicted molar refractivity (Wildman–Crippen MR) is 91.6 cm³/mol. The van der Waals surface area contributed by atoms with Gasteiger partial charge in [0.15, 0.2) is 0 Å². The molecule has 1 aliphatic heterocycles. The zero-order valence-electron chi connectivity index (χ0n) is 14.3. The van der Waals surface area contributed by atoms with E-state index in [2.05, 4.69) is 0 Å². The standard InChI is InChI=1S/C18H22N2O5/c1-11-3-5-13(6-4-11)9-20-17(23)12(2)8-19(18(20)24)16-7-14(22)15(10-21)25-16/h3-6,8,14-16,21-22H,7,9-10H2,1-2H3/t14-,15+,16+/m0/s1. The molecule has 1 aromatic heterocycles. The van der Waals surface area contributed by atoms with Gasteiger partial charge in [0.2, 0.25) is 0 Å². The summed E-state index contributed by atoms with van der Waals surface area (Å²) < 4.78 is 8.05. The lowest BCUT2D eigenvalue weighted by molar-refractivity contribution is -0.0463. The van der Waals surface area contributed by atoms with Gasteiger partial charge in [-0.1, -0.05) is 29.8 Å². The Bertz CT molecular complexity index is 869. The van der Waals surface area contributed by atoms with Crippen LogP contribution in [0, 0.1) is 13.8 Å². The van der Waals surface area contributed by atoms with E-state index in [1.165, 1.54) is 15.3 Å². The first-order chi connectivity index (χ1) is 11.9. The van der Waals surface area contributed by atoms with Crippen molar-refractivity contribution in [3.8, 4) is 0 Å². The molecule has 2 aromatic rings. The minimum absolute atomic E-state index is 0.165. The van der Waals surface area contributed by atoms with Gasteiger partial charge >= 0.3 is 5.69 Å². The number of hydrogen-bond acceptors (Lipinski definition) is 5. The van der Waals surface area contributed by atoms with Crippen LogP contribution in [0.2, 0.25) is 0 Å². The van der Waals surface area contributed by atoms with Crippen LogP contribution in [0.3, 0.4) is 0 Å². The van der Waals surface area contributed by atoms with Gasteiger partial charge in [0, 0.05) is 18.2 Å². The summed E-state index contributed by atoms with van der Waals surface area (Å²) in [6.45, 7) is 3.45. The van der Waals surface area contributed by atoms with Crippen LogP contribution < -0.4 is 11.2 Å². The summed E-state index contributed by atoms with van der Waals surface area (Å²) in [4.78, 5) is 25.2. The van der Waals surface area contributed by atoms with Gasteiger partial charge in [0.1, 0.15) is 12.3 Å². The molecule has 1 aromatic carbocycles. The second-order valence-electron chi connectivity index (χ2n) is 6.49. The smallest absolute Gasteiger partial charge is 0.333 e. The molecule has 1 fully saturated rings. The molecule has 0 amide bonds. The van der Waals surface area contributed by atoms with Crippen LogP contribution in [-0.2, 0) is 11.3 Å². The van der Waals surface area contributed by atoms with Gasteiger partial charge in [-0.2, -0.15) is 0 Å². The number of aliphatic hydroxyl groups is 2. The monoisotopic (exact) mass is 346 g/mol. The van der Waals surface area contributed by atoms with E-state index in [-0.39, 0.29) is 25.1 Å². The maximum atomic E-state index is 12.8. The molecule has 3 atom stereocenters. The highest BCUT2D eigenvalue weighted by Crippen LogP contribution is 2.27. The zero-order valence-corrected chi connectivity index (χ0v) is 14.3. The SMILES string of the molecule is Cc1ccc(Cn2c(=O)c(C)cn([C@H]3C[C@H](O)[C@@H](CO)O3)c2=O)cc1. The van der Waals surface area contributed by atoms with Crippen LogP contribution in [0.4, 0.5) is 0 Å². The van der Waals surface area contributed by atoms with Crippen molar-refractivity contribution in [3.05, 3.63) is 68.0 Å². The lowest BCUT2D eigenvalue weighted by atomic mass is 10.1. The largest absolute Gasteiger partial charge is 0.394 e. The molecule has 7 nitrogen and oxygen atoms in total. The highest BCUT2D eigenvalue weighted by Gasteiger charge is 2.35. The fraction of sp³-hybridized carbons (Fsp3) is 0.444. The summed E-state index contributed by atoms with van der Waals surface area (Å²) in [6.07, 6.45) is -0.640. The quantitative estimate of drug-likeness (QED) is 0.831. The maximum Gasteiger partial charge on any atom is 0.333 e. The molecule has 0 aliphatic carbocycles. The molecule has 2 heterocycles.